The van der Waals surface area contributed by atoms with Crippen molar-refractivity contribution < 1.29 is 19.8 Å². The summed E-state index contributed by atoms with van der Waals surface area (Å²) in [6, 6.07) is 6.70. The van der Waals surface area contributed by atoms with E-state index in [4.69, 9.17) is 0 Å². The number of rotatable bonds is 6. The summed E-state index contributed by atoms with van der Waals surface area (Å²) in [4.78, 5) is 26.8. The number of aliphatic hydroxyl groups excluding tert-OH is 1. The van der Waals surface area contributed by atoms with Crippen LogP contribution in [0.25, 0.3) is 6.08 Å². The number of amides is 2. The largest absolute Gasteiger partial charge is 0.508 e. The van der Waals surface area contributed by atoms with Gasteiger partial charge in [0.25, 0.3) is 0 Å². The Hall–Kier alpha value is -2.60. The molecule has 47 heavy (non-hydrogen) atoms. The average Bonchev–Trinajstić information content (AvgIpc) is 3.01. The molecule has 4 saturated carbocycles. The molecule has 258 valence electrons. The molecule has 0 heterocycles. The van der Waals surface area contributed by atoms with E-state index in [0.29, 0.717) is 24.9 Å². The van der Waals surface area contributed by atoms with E-state index in [1.165, 1.54) is 18.9 Å². The van der Waals surface area contributed by atoms with E-state index in [0.717, 1.165) is 56.9 Å². The summed E-state index contributed by atoms with van der Waals surface area (Å²) in [5.41, 5.74) is 2.57. The third-order valence-corrected chi connectivity index (χ3v) is 15.1. The number of nitrogens with one attached hydrogen (secondary N) is 2. The van der Waals surface area contributed by atoms with Gasteiger partial charge >= 0.3 is 0 Å². The van der Waals surface area contributed by atoms with Crippen molar-refractivity contribution in [3.8, 4) is 5.75 Å². The minimum Gasteiger partial charge on any atom is -0.508 e. The Kier molecular flexibility index (Phi) is 8.59. The Morgan fingerprint density at radius 2 is 1.53 bits per heavy atom. The molecule has 0 bridgehead atoms. The highest BCUT2D eigenvalue weighted by Crippen LogP contribution is 2.75. The van der Waals surface area contributed by atoms with Gasteiger partial charge in [-0.15, -0.1) is 0 Å². The van der Waals surface area contributed by atoms with Crippen LogP contribution in [-0.4, -0.2) is 41.2 Å². The fourth-order valence-electron chi connectivity index (χ4n) is 12.0. The normalized spacial score (nSPS) is 40.2. The first kappa shape index (κ1) is 34.3. The Bertz CT molecular complexity index is 1440. The zero-order chi connectivity index (χ0) is 34.0. The lowest BCUT2D eigenvalue weighted by atomic mass is 9.33. The zero-order valence-electron chi connectivity index (χ0n) is 30.0. The second kappa shape index (κ2) is 11.8. The van der Waals surface area contributed by atoms with Crippen LogP contribution in [0.3, 0.4) is 0 Å². The number of aliphatic hydroxyl groups is 1. The highest BCUT2D eigenvalue weighted by atomic mass is 16.3. The second-order valence-electron chi connectivity index (χ2n) is 18.2. The third-order valence-electron chi connectivity index (χ3n) is 15.1. The van der Waals surface area contributed by atoms with E-state index >= 15 is 0 Å². The van der Waals surface area contributed by atoms with Crippen LogP contribution in [0.15, 0.2) is 42.0 Å². The van der Waals surface area contributed by atoms with Crippen LogP contribution >= 0.6 is 0 Å². The third kappa shape index (κ3) is 5.49. The number of benzene rings is 1. The van der Waals surface area contributed by atoms with E-state index in [-0.39, 0.29) is 56.7 Å². The molecule has 4 N–H and O–H groups in total. The van der Waals surface area contributed by atoms with Crippen LogP contribution in [0.1, 0.15) is 118 Å². The fraction of sp³-hybridized carbons (Fsp3) is 0.707. The van der Waals surface area contributed by atoms with E-state index in [2.05, 4.69) is 65.2 Å². The lowest BCUT2D eigenvalue weighted by molar-refractivity contribution is -0.203. The number of carbonyl (C=O) groups is 2. The van der Waals surface area contributed by atoms with Crippen LogP contribution < -0.4 is 10.6 Å². The van der Waals surface area contributed by atoms with E-state index < -0.39 is 5.41 Å². The molecule has 1 aromatic carbocycles. The van der Waals surface area contributed by atoms with Crippen molar-refractivity contribution in [2.45, 2.75) is 119 Å². The minimum absolute atomic E-state index is 0.0593. The number of phenolic OH excluding ortho intramolecular Hbond substituents is 1. The van der Waals surface area contributed by atoms with Gasteiger partial charge in [-0.2, -0.15) is 0 Å². The molecule has 5 aliphatic carbocycles. The Balaban J connectivity index is 1.19. The Morgan fingerprint density at radius 3 is 2.26 bits per heavy atom. The number of hydrogen-bond acceptors (Lipinski definition) is 4. The molecular formula is C41H60N2O4. The lowest BCUT2D eigenvalue weighted by Crippen LogP contribution is -2.65. The van der Waals surface area contributed by atoms with Gasteiger partial charge in [-0.1, -0.05) is 72.2 Å². The Morgan fingerprint density at radius 1 is 0.851 bits per heavy atom. The summed E-state index contributed by atoms with van der Waals surface area (Å²) in [6.45, 7) is 17.9. The highest BCUT2D eigenvalue weighted by Gasteiger charge is 2.69. The summed E-state index contributed by atoms with van der Waals surface area (Å²) in [5, 5.41) is 26.7. The molecule has 1 aromatic rings. The Labute approximate surface area is 283 Å². The minimum atomic E-state index is -0.398. The smallest absolute Gasteiger partial charge is 0.244 e. The quantitative estimate of drug-likeness (QED) is 0.144. The SMILES string of the molecule is CC1(C)CC[C@]2(C(=O)NCCNC(=O)/C=C/c3ccc(O)cc3)CC[C@]3(C)C(=CC[C@@H]4[C@@]5(C)CC[C@H](O)C(C)(C)[C@@H]5CC[C@]43C)[C@@H]2C1. The maximum Gasteiger partial charge on any atom is 0.244 e. The standard InChI is InChI=1S/C41H60N2O4/c1-36(2)20-22-41(35(47)43-25-24-42-34(46)15-10-27-8-11-28(44)12-9-27)23-21-39(6)29(30(41)26-36)13-14-32-38(5)18-17-33(45)37(3,4)31(38)16-19-40(32,39)7/h8-13,15,30-33,44-45H,14,16-26H2,1-7H3,(H,42,46)(H,43,47)/b15-10+/t30-,31-,32+,33-,38-,39+,40+,41-/m0/s1. The van der Waals surface area contributed by atoms with Crippen molar-refractivity contribution in [3.63, 3.8) is 0 Å². The average molecular weight is 645 g/mol. The fourth-order valence-corrected chi connectivity index (χ4v) is 12.0. The van der Waals surface area contributed by atoms with Crippen molar-refractivity contribution in [1.29, 1.82) is 0 Å². The maximum atomic E-state index is 14.3. The predicted octanol–water partition coefficient (Wildman–Crippen LogP) is 7.80. The van der Waals surface area contributed by atoms with Gasteiger partial charge in [0.2, 0.25) is 11.8 Å². The molecule has 8 atom stereocenters. The molecule has 6 rings (SSSR count). The second-order valence-corrected chi connectivity index (χ2v) is 18.2. The zero-order valence-corrected chi connectivity index (χ0v) is 30.0. The first-order chi connectivity index (χ1) is 22.0. The first-order valence-electron chi connectivity index (χ1n) is 18.4. The molecule has 4 fully saturated rings. The van der Waals surface area contributed by atoms with Crippen LogP contribution in [0.2, 0.25) is 0 Å². The van der Waals surface area contributed by atoms with Gasteiger partial charge in [-0.3, -0.25) is 9.59 Å². The van der Waals surface area contributed by atoms with Gasteiger partial charge < -0.3 is 20.8 Å². The van der Waals surface area contributed by atoms with E-state index in [1.807, 2.05) is 0 Å². The molecule has 0 radical (unpaired) electrons. The molecule has 0 spiro atoms. The van der Waals surface area contributed by atoms with Crippen LogP contribution in [0, 0.1) is 50.2 Å². The van der Waals surface area contributed by atoms with E-state index in [1.54, 1.807) is 35.9 Å². The maximum absolute atomic E-state index is 14.3. The van der Waals surface area contributed by atoms with E-state index in [9.17, 15) is 19.8 Å². The van der Waals surface area contributed by atoms with Gasteiger partial charge in [0.15, 0.2) is 0 Å². The summed E-state index contributed by atoms with van der Waals surface area (Å²) in [7, 11) is 0. The highest BCUT2D eigenvalue weighted by molar-refractivity contribution is 5.91. The molecule has 6 heteroatoms. The van der Waals surface area contributed by atoms with Gasteiger partial charge in [0.05, 0.1) is 11.5 Å². The number of phenols is 1. The summed E-state index contributed by atoms with van der Waals surface area (Å²) in [5.74, 6) is 1.50. The number of fused-ring (bicyclic) bond motifs is 7. The van der Waals surface area contributed by atoms with Gasteiger partial charge in [-0.05, 0) is 133 Å². The number of aromatic hydroxyl groups is 1. The van der Waals surface area contributed by atoms with Crippen molar-refractivity contribution in [2.24, 2.45) is 50.2 Å². The van der Waals surface area contributed by atoms with Crippen LogP contribution in [0.5, 0.6) is 5.75 Å². The number of allylic oxidation sites excluding steroid dienone is 2. The molecule has 6 nitrogen and oxygen atoms in total. The van der Waals surface area contributed by atoms with Gasteiger partial charge in [-0.25, -0.2) is 0 Å². The molecule has 2 amide bonds. The lowest BCUT2D eigenvalue weighted by Gasteiger charge is -2.71. The monoisotopic (exact) mass is 644 g/mol. The van der Waals surface area contributed by atoms with Crippen molar-refractivity contribution >= 4 is 17.9 Å². The summed E-state index contributed by atoms with van der Waals surface area (Å²) >= 11 is 0. The van der Waals surface area contributed by atoms with Gasteiger partial charge in [0.1, 0.15) is 5.75 Å². The number of hydrogen-bond donors (Lipinski definition) is 4. The molecule has 5 aliphatic rings. The number of carbonyl (C=O) groups excluding carboxylic acids is 2. The van der Waals surface area contributed by atoms with Gasteiger partial charge in [0, 0.05) is 19.2 Å². The van der Waals surface area contributed by atoms with Crippen LogP contribution in [0.4, 0.5) is 0 Å². The van der Waals surface area contributed by atoms with Crippen molar-refractivity contribution in [1.82, 2.24) is 10.6 Å². The van der Waals surface area contributed by atoms with Crippen molar-refractivity contribution in [2.75, 3.05) is 13.1 Å². The molecule has 0 aromatic heterocycles. The van der Waals surface area contributed by atoms with Crippen molar-refractivity contribution in [3.05, 3.63) is 47.6 Å². The molecule has 0 unspecified atom stereocenters. The van der Waals surface area contributed by atoms with Crippen LogP contribution in [-0.2, 0) is 9.59 Å². The summed E-state index contributed by atoms with van der Waals surface area (Å²) in [6.07, 6.45) is 16.0. The molecule has 0 aliphatic heterocycles. The molecule has 0 saturated heterocycles. The predicted molar refractivity (Wildman–Crippen MR) is 188 cm³/mol. The topological polar surface area (TPSA) is 98.7 Å². The first-order valence-corrected chi connectivity index (χ1v) is 18.4. The molecular weight excluding hydrogens is 584 g/mol. The summed E-state index contributed by atoms with van der Waals surface area (Å²) < 4.78 is 0.